The largest absolute Gasteiger partial charge is 0.309 e. The Balaban J connectivity index is 1.14. The van der Waals surface area contributed by atoms with Crippen molar-refractivity contribution in [2.24, 2.45) is 0 Å². The van der Waals surface area contributed by atoms with Gasteiger partial charge in [0.05, 0.1) is 27.8 Å². The highest BCUT2D eigenvalue weighted by molar-refractivity contribution is 6.10. The quantitative estimate of drug-likeness (QED) is 0.172. The number of benzene rings is 8. The number of rotatable bonds is 6. The monoisotopic (exact) mass is 715 g/mol. The number of nitrogens with zero attached hydrogens (tertiary/aromatic N) is 5. The first-order valence-electron chi connectivity index (χ1n) is 18.9. The Morgan fingerprint density at radius 3 is 1.36 bits per heavy atom. The lowest BCUT2D eigenvalue weighted by atomic mass is 9.99. The highest BCUT2D eigenvalue weighted by Crippen LogP contribution is 2.38. The lowest BCUT2D eigenvalue weighted by Crippen LogP contribution is -2.07. The predicted octanol–water partition coefficient (Wildman–Crippen LogP) is 12.7. The van der Waals surface area contributed by atoms with Crippen molar-refractivity contribution in [2.75, 3.05) is 0 Å². The van der Waals surface area contributed by atoms with E-state index in [1.165, 1.54) is 21.8 Å². The van der Waals surface area contributed by atoms with E-state index in [-0.39, 0.29) is 0 Å². The second-order valence-corrected chi connectivity index (χ2v) is 14.0. The fourth-order valence-corrected chi connectivity index (χ4v) is 8.32. The molecule has 0 radical (unpaired) electrons. The average molecular weight is 716 g/mol. The molecule has 11 aromatic rings. The molecule has 5 nitrogen and oxygen atoms in total. The molecule has 0 fully saturated rings. The van der Waals surface area contributed by atoms with Gasteiger partial charge in [-0.2, -0.15) is 9.97 Å². The topological polar surface area (TPSA) is 48.5 Å². The van der Waals surface area contributed by atoms with Crippen LogP contribution in [0.5, 0.6) is 0 Å². The van der Waals surface area contributed by atoms with Crippen LogP contribution in [-0.2, 0) is 0 Å². The molecule has 11 rings (SSSR count). The molecule has 0 aliphatic carbocycles. The third-order valence-electron chi connectivity index (χ3n) is 10.8. The van der Waals surface area contributed by atoms with Crippen molar-refractivity contribution in [3.05, 3.63) is 200 Å². The molecule has 0 amide bonds. The maximum atomic E-state index is 5.30. The van der Waals surface area contributed by atoms with E-state index in [4.69, 9.17) is 15.0 Å². The van der Waals surface area contributed by atoms with Gasteiger partial charge in [-0.15, -0.1) is 0 Å². The Labute approximate surface area is 323 Å². The third kappa shape index (κ3) is 5.13. The number of para-hydroxylation sites is 5. The lowest BCUT2D eigenvalue weighted by molar-refractivity contribution is 0.953. The zero-order chi connectivity index (χ0) is 37.0. The summed E-state index contributed by atoms with van der Waals surface area (Å²) < 4.78 is 4.56. The van der Waals surface area contributed by atoms with Gasteiger partial charge in [0.2, 0.25) is 5.95 Å². The van der Waals surface area contributed by atoms with E-state index in [1.54, 1.807) is 0 Å². The molecular formula is C51H33N5. The molecule has 0 aliphatic rings. The van der Waals surface area contributed by atoms with Gasteiger partial charge in [0.15, 0.2) is 11.6 Å². The minimum atomic E-state index is 0.571. The van der Waals surface area contributed by atoms with Crippen LogP contribution in [-0.4, -0.2) is 24.1 Å². The molecule has 3 aromatic heterocycles. The minimum absolute atomic E-state index is 0.571. The Bertz CT molecular complexity index is 3160. The van der Waals surface area contributed by atoms with Gasteiger partial charge in [-0.1, -0.05) is 164 Å². The molecule has 0 saturated heterocycles. The highest BCUT2D eigenvalue weighted by atomic mass is 15.2. The lowest BCUT2D eigenvalue weighted by Gasteiger charge is -2.15. The van der Waals surface area contributed by atoms with Gasteiger partial charge in [0, 0.05) is 38.2 Å². The van der Waals surface area contributed by atoms with Gasteiger partial charge in [0.1, 0.15) is 0 Å². The molecule has 0 N–H and O–H groups in total. The van der Waals surface area contributed by atoms with Gasteiger partial charge in [0.25, 0.3) is 0 Å². The van der Waals surface area contributed by atoms with Crippen LogP contribution in [0, 0.1) is 0 Å². The van der Waals surface area contributed by atoms with Gasteiger partial charge in [-0.25, -0.2) is 4.98 Å². The maximum absolute atomic E-state index is 5.30. The number of hydrogen-bond donors (Lipinski definition) is 0. The fraction of sp³-hybridized carbons (Fsp3) is 0. The summed E-state index contributed by atoms with van der Waals surface area (Å²) in [4.78, 5) is 15.9. The van der Waals surface area contributed by atoms with Crippen molar-refractivity contribution in [1.82, 2.24) is 24.1 Å². The molecule has 3 heterocycles. The SMILES string of the molecule is c1ccc(-c2ccccc2-c2nc(-c3cccc(-c4ccccc4-n4c5ccccc5c5ccccc54)c3)nc(-n3c4ccccc4c4ccccc43)n2)cc1. The van der Waals surface area contributed by atoms with Crippen LogP contribution in [0.15, 0.2) is 200 Å². The van der Waals surface area contributed by atoms with E-state index in [9.17, 15) is 0 Å². The molecule has 56 heavy (non-hydrogen) atoms. The number of hydrogen-bond acceptors (Lipinski definition) is 3. The maximum Gasteiger partial charge on any atom is 0.238 e. The van der Waals surface area contributed by atoms with E-state index in [0.29, 0.717) is 17.6 Å². The molecule has 0 bridgehead atoms. The first-order valence-corrected chi connectivity index (χ1v) is 18.9. The number of fused-ring (bicyclic) bond motifs is 6. The Kier molecular flexibility index (Phi) is 7.42. The molecule has 8 aromatic carbocycles. The summed E-state index contributed by atoms with van der Waals surface area (Å²) in [5.74, 6) is 1.79. The van der Waals surface area contributed by atoms with Crippen LogP contribution in [0.1, 0.15) is 0 Å². The second-order valence-electron chi connectivity index (χ2n) is 14.0. The Morgan fingerprint density at radius 1 is 0.286 bits per heavy atom. The van der Waals surface area contributed by atoms with Crippen molar-refractivity contribution in [1.29, 1.82) is 0 Å². The standard InChI is InChI=1S/C51H33N5/c1-2-17-34(18-3-1)37-21-4-5-27-43(37)50-52-49(53-51(54-50)56-47-31-14-9-25-41(47)42-26-10-15-32-48(42)56)36-20-16-19-35(33-36)38-22-6-11-28-44(38)55-45-29-12-7-23-39(45)40-24-8-13-30-46(40)55/h1-33H. The highest BCUT2D eigenvalue weighted by Gasteiger charge is 2.20. The molecule has 0 unspecified atom stereocenters. The zero-order valence-corrected chi connectivity index (χ0v) is 30.3. The smallest absolute Gasteiger partial charge is 0.238 e. The van der Waals surface area contributed by atoms with Crippen molar-refractivity contribution >= 4 is 43.6 Å². The molecular weight excluding hydrogens is 683 g/mol. The summed E-state index contributed by atoms with van der Waals surface area (Å²) in [5, 5.41) is 4.77. The normalized spacial score (nSPS) is 11.6. The van der Waals surface area contributed by atoms with E-state index < -0.39 is 0 Å². The van der Waals surface area contributed by atoms with Crippen molar-refractivity contribution in [3.63, 3.8) is 0 Å². The van der Waals surface area contributed by atoms with E-state index in [0.717, 1.165) is 60.9 Å². The Hall–Kier alpha value is -7.63. The fourth-order valence-electron chi connectivity index (χ4n) is 8.32. The number of aromatic nitrogens is 5. The molecule has 0 spiro atoms. The van der Waals surface area contributed by atoms with Gasteiger partial charge in [-0.3, -0.25) is 4.57 Å². The molecule has 0 atom stereocenters. The van der Waals surface area contributed by atoms with Crippen molar-refractivity contribution in [3.8, 4) is 56.7 Å². The van der Waals surface area contributed by atoms with Crippen LogP contribution in [0.2, 0.25) is 0 Å². The summed E-state index contributed by atoms with van der Waals surface area (Å²) in [6, 6.07) is 70.3. The summed E-state index contributed by atoms with van der Waals surface area (Å²) in [7, 11) is 0. The molecule has 5 heteroatoms. The van der Waals surface area contributed by atoms with E-state index in [2.05, 4.69) is 203 Å². The average Bonchev–Trinajstić information content (AvgIpc) is 3.80. The second kappa shape index (κ2) is 13.0. The summed E-state index contributed by atoms with van der Waals surface area (Å²) in [5.41, 5.74) is 11.8. The van der Waals surface area contributed by atoms with Gasteiger partial charge >= 0.3 is 0 Å². The minimum Gasteiger partial charge on any atom is -0.309 e. The van der Waals surface area contributed by atoms with E-state index in [1.807, 2.05) is 6.07 Å². The third-order valence-corrected chi connectivity index (χ3v) is 10.8. The zero-order valence-electron chi connectivity index (χ0n) is 30.3. The van der Waals surface area contributed by atoms with Crippen molar-refractivity contribution in [2.45, 2.75) is 0 Å². The van der Waals surface area contributed by atoms with Crippen LogP contribution in [0.4, 0.5) is 0 Å². The first kappa shape index (κ1) is 31.9. The van der Waals surface area contributed by atoms with Crippen molar-refractivity contribution < 1.29 is 0 Å². The van der Waals surface area contributed by atoms with Crippen LogP contribution >= 0.6 is 0 Å². The van der Waals surface area contributed by atoms with Gasteiger partial charge < -0.3 is 4.57 Å². The van der Waals surface area contributed by atoms with E-state index >= 15 is 0 Å². The van der Waals surface area contributed by atoms with Gasteiger partial charge in [-0.05, 0) is 53.1 Å². The summed E-state index contributed by atoms with van der Waals surface area (Å²) in [6.07, 6.45) is 0. The summed E-state index contributed by atoms with van der Waals surface area (Å²) in [6.45, 7) is 0. The molecule has 262 valence electrons. The van der Waals surface area contributed by atoms with Crippen LogP contribution in [0.3, 0.4) is 0 Å². The molecule has 0 aliphatic heterocycles. The first-order chi connectivity index (χ1) is 27.8. The predicted molar refractivity (Wildman–Crippen MR) is 230 cm³/mol. The van der Waals surface area contributed by atoms with Crippen LogP contribution in [0.25, 0.3) is 100 Å². The Morgan fingerprint density at radius 2 is 0.732 bits per heavy atom. The summed E-state index contributed by atoms with van der Waals surface area (Å²) >= 11 is 0. The van der Waals surface area contributed by atoms with Crippen LogP contribution < -0.4 is 0 Å². The molecule has 0 saturated carbocycles.